The molecule has 1 heterocycles. The van der Waals surface area contributed by atoms with E-state index in [9.17, 15) is 18.0 Å². The molecule has 0 amide bonds. The van der Waals surface area contributed by atoms with Gasteiger partial charge in [-0.15, -0.1) is 0 Å². The SMILES string of the molecule is Cc1ccc(S(=O)(=O)Oc2ccccc2)cc1NC=C1C(=O)OC(C)(C)OC1=O. The third kappa shape index (κ3) is 4.75. The summed E-state index contributed by atoms with van der Waals surface area (Å²) in [6.45, 7) is 4.62. The summed E-state index contributed by atoms with van der Waals surface area (Å²) in [5.41, 5.74) is 0.705. The van der Waals surface area contributed by atoms with E-state index in [-0.39, 0.29) is 16.2 Å². The van der Waals surface area contributed by atoms with Crippen molar-refractivity contribution in [1.29, 1.82) is 0 Å². The number of aryl methyl sites for hydroxylation is 1. The number of hydrogen-bond donors (Lipinski definition) is 1. The Balaban J connectivity index is 1.84. The van der Waals surface area contributed by atoms with Gasteiger partial charge in [0.05, 0.1) is 0 Å². The summed E-state index contributed by atoms with van der Waals surface area (Å²) in [7, 11) is -4.08. The van der Waals surface area contributed by atoms with Crippen LogP contribution in [-0.2, 0) is 29.2 Å². The lowest BCUT2D eigenvalue weighted by Crippen LogP contribution is -2.42. The quantitative estimate of drug-likeness (QED) is 0.342. The smallest absolute Gasteiger partial charge is 0.350 e. The number of benzene rings is 2. The Morgan fingerprint density at radius 3 is 2.24 bits per heavy atom. The van der Waals surface area contributed by atoms with Gasteiger partial charge in [-0.3, -0.25) is 0 Å². The highest BCUT2D eigenvalue weighted by atomic mass is 32.2. The average molecular weight is 417 g/mol. The molecule has 0 saturated carbocycles. The predicted octanol–water partition coefficient (Wildman–Crippen LogP) is 2.89. The lowest BCUT2D eigenvalue weighted by atomic mass is 10.2. The average Bonchev–Trinajstić information content (AvgIpc) is 2.61. The van der Waals surface area contributed by atoms with Gasteiger partial charge in [-0.05, 0) is 36.8 Å². The van der Waals surface area contributed by atoms with Gasteiger partial charge in [0.15, 0.2) is 5.57 Å². The summed E-state index contributed by atoms with van der Waals surface area (Å²) in [5.74, 6) is -2.84. The first kappa shape index (κ1) is 20.4. The minimum atomic E-state index is -4.08. The summed E-state index contributed by atoms with van der Waals surface area (Å²) in [5, 5.41) is 2.76. The molecule has 2 aromatic rings. The van der Waals surface area contributed by atoms with Crippen molar-refractivity contribution in [2.24, 2.45) is 0 Å². The molecule has 152 valence electrons. The van der Waals surface area contributed by atoms with E-state index in [1.54, 1.807) is 31.2 Å². The van der Waals surface area contributed by atoms with E-state index in [2.05, 4.69) is 5.32 Å². The van der Waals surface area contributed by atoms with E-state index in [0.29, 0.717) is 11.3 Å². The minimum absolute atomic E-state index is 0.0946. The fourth-order valence-corrected chi connectivity index (χ4v) is 3.45. The second-order valence-corrected chi connectivity index (χ2v) is 8.25. The highest BCUT2D eigenvalue weighted by molar-refractivity contribution is 7.87. The van der Waals surface area contributed by atoms with Crippen LogP contribution in [0.15, 0.2) is 65.2 Å². The molecule has 0 bridgehead atoms. The molecule has 1 aliphatic rings. The molecule has 0 aliphatic carbocycles. The molecule has 0 aromatic heterocycles. The first-order valence-electron chi connectivity index (χ1n) is 8.61. The molecule has 29 heavy (non-hydrogen) atoms. The zero-order valence-corrected chi connectivity index (χ0v) is 16.8. The van der Waals surface area contributed by atoms with Gasteiger partial charge < -0.3 is 19.0 Å². The van der Waals surface area contributed by atoms with Gasteiger partial charge in [-0.1, -0.05) is 24.3 Å². The summed E-state index contributed by atoms with van der Waals surface area (Å²) in [6, 6.07) is 12.4. The molecule has 1 aliphatic heterocycles. The summed E-state index contributed by atoms with van der Waals surface area (Å²) >= 11 is 0. The monoisotopic (exact) mass is 417 g/mol. The van der Waals surface area contributed by atoms with Crippen molar-refractivity contribution >= 4 is 27.7 Å². The molecular formula is C20H19NO7S. The fourth-order valence-electron chi connectivity index (χ4n) is 2.49. The molecule has 3 rings (SSSR count). The second-order valence-electron chi connectivity index (χ2n) is 6.71. The molecular weight excluding hydrogens is 398 g/mol. The summed E-state index contributed by atoms with van der Waals surface area (Å²) in [4.78, 5) is 23.9. The molecule has 9 heteroatoms. The molecule has 1 fully saturated rings. The molecule has 2 aromatic carbocycles. The predicted molar refractivity (Wildman–Crippen MR) is 103 cm³/mol. The number of cyclic esters (lactones) is 2. The molecule has 1 saturated heterocycles. The lowest BCUT2D eigenvalue weighted by Gasteiger charge is -2.29. The molecule has 0 unspecified atom stereocenters. The van der Waals surface area contributed by atoms with Crippen LogP contribution in [0.5, 0.6) is 5.75 Å². The molecule has 8 nitrogen and oxygen atoms in total. The molecule has 0 radical (unpaired) electrons. The van der Waals surface area contributed by atoms with Crippen LogP contribution in [0, 0.1) is 6.92 Å². The number of nitrogens with one attached hydrogen (secondary N) is 1. The van der Waals surface area contributed by atoms with Gasteiger partial charge in [0.2, 0.25) is 0 Å². The van der Waals surface area contributed by atoms with E-state index in [1.165, 1.54) is 38.1 Å². The van der Waals surface area contributed by atoms with Crippen LogP contribution in [-0.4, -0.2) is 26.1 Å². The Morgan fingerprint density at radius 1 is 1.00 bits per heavy atom. The van der Waals surface area contributed by atoms with E-state index >= 15 is 0 Å². The highest BCUT2D eigenvalue weighted by Gasteiger charge is 2.39. The van der Waals surface area contributed by atoms with Crippen molar-refractivity contribution in [2.45, 2.75) is 31.5 Å². The van der Waals surface area contributed by atoms with Crippen molar-refractivity contribution in [3.05, 3.63) is 65.9 Å². The van der Waals surface area contributed by atoms with E-state index in [1.807, 2.05) is 0 Å². The van der Waals surface area contributed by atoms with E-state index < -0.39 is 27.8 Å². The van der Waals surface area contributed by atoms with Gasteiger partial charge in [0, 0.05) is 25.7 Å². The fraction of sp³-hybridized carbons (Fsp3) is 0.200. The van der Waals surface area contributed by atoms with Crippen molar-refractivity contribution in [2.75, 3.05) is 5.32 Å². The van der Waals surface area contributed by atoms with Crippen LogP contribution < -0.4 is 9.50 Å². The zero-order valence-electron chi connectivity index (χ0n) is 16.0. The van der Waals surface area contributed by atoms with Crippen LogP contribution in [0.4, 0.5) is 5.69 Å². The Morgan fingerprint density at radius 2 is 1.62 bits per heavy atom. The molecule has 0 spiro atoms. The van der Waals surface area contributed by atoms with Crippen molar-refractivity contribution in [3.8, 4) is 5.75 Å². The number of anilines is 1. The topological polar surface area (TPSA) is 108 Å². The van der Waals surface area contributed by atoms with Gasteiger partial charge in [0.1, 0.15) is 10.6 Å². The first-order valence-corrected chi connectivity index (χ1v) is 10.0. The number of rotatable bonds is 5. The zero-order chi connectivity index (χ0) is 21.2. The Bertz CT molecular complexity index is 1070. The van der Waals surface area contributed by atoms with Crippen molar-refractivity contribution in [3.63, 3.8) is 0 Å². The first-order chi connectivity index (χ1) is 13.6. The summed E-state index contributed by atoms with van der Waals surface area (Å²) in [6.07, 6.45) is 1.12. The van der Waals surface area contributed by atoms with Gasteiger partial charge in [-0.25, -0.2) is 9.59 Å². The lowest BCUT2D eigenvalue weighted by molar-refractivity contribution is -0.222. The van der Waals surface area contributed by atoms with Crippen LogP contribution in [0.3, 0.4) is 0 Å². The maximum Gasteiger partial charge on any atom is 0.350 e. The van der Waals surface area contributed by atoms with E-state index in [0.717, 1.165) is 6.20 Å². The minimum Gasteiger partial charge on any atom is -0.419 e. The Kier molecular flexibility index (Phi) is 5.34. The number of carbonyl (C=O) groups is 2. The van der Waals surface area contributed by atoms with Crippen molar-refractivity contribution < 1.29 is 31.7 Å². The normalized spacial score (nSPS) is 15.9. The highest BCUT2D eigenvalue weighted by Crippen LogP contribution is 2.25. The maximum absolute atomic E-state index is 12.5. The van der Waals surface area contributed by atoms with Crippen LogP contribution in [0.1, 0.15) is 19.4 Å². The number of para-hydroxylation sites is 1. The Labute approximate surface area is 168 Å². The third-order valence-corrected chi connectivity index (χ3v) is 5.18. The molecule has 1 N–H and O–H groups in total. The van der Waals surface area contributed by atoms with Crippen LogP contribution in [0.2, 0.25) is 0 Å². The van der Waals surface area contributed by atoms with E-state index in [4.69, 9.17) is 13.7 Å². The van der Waals surface area contributed by atoms with Crippen LogP contribution >= 0.6 is 0 Å². The summed E-state index contributed by atoms with van der Waals surface area (Å²) < 4.78 is 40.2. The standard InChI is InChI=1S/C20H19NO7S/c1-13-9-10-15(29(24,25)28-14-7-5-4-6-8-14)11-17(13)21-12-16-18(22)26-20(2,3)27-19(16)23/h4-12,21H,1-3H3. The van der Waals surface area contributed by atoms with Gasteiger partial charge in [0.25, 0.3) is 5.79 Å². The van der Waals surface area contributed by atoms with Gasteiger partial charge in [-0.2, -0.15) is 8.42 Å². The number of carbonyl (C=O) groups excluding carboxylic acids is 2. The number of ether oxygens (including phenoxy) is 2. The molecule has 0 atom stereocenters. The second kappa shape index (κ2) is 7.59. The maximum atomic E-state index is 12.5. The third-order valence-electron chi connectivity index (χ3n) is 3.94. The number of hydrogen-bond acceptors (Lipinski definition) is 8. The number of esters is 2. The Hall–Kier alpha value is -3.33. The largest absolute Gasteiger partial charge is 0.419 e. The van der Waals surface area contributed by atoms with Gasteiger partial charge >= 0.3 is 22.1 Å². The van der Waals surface area contributed by atoms with Crippen molar-refractivity contribution in [1.82, 2.24) is 0 Å². The van der Waals surface area contributed by atoms with Crippen LogP contribution in [0.25, 0.3) is 0 Å².